The Balaban J connectivity index is 2.16. The van der Waals surface area contributed by atoms with E-state index < -0.39 is 0 Å². The van der Waals surface area contributed by atoms with Crippen molar-refractivity contribution < 1.29 is 0 Å². The standard InChI is InChI=1S/C16H16BrCl2N/c17-14-5-2-1-4-12(14)8-11(10-20)9-13-15(18)6-3-7-16(13)19/h1-7,11H,8-10,20H2. The fraction of sp³-hybridized carbons (Fsp3) is 0.250. The average molecular weight is 373 g/mol. The number of hydrogen-bond donors (Lipinski definition) is 1. The van der Waals surface area contributed by atoms with Gasteiger partial charge in [0.2, 0.25) is 0 Å². The van der Waals surface area contributed by atoms with Crippen LogP contribution in [0.5, 0.6) is 0 Å². The number of halogens is 3. The molecule has 1 atom stereocenters. The molecule has 0 aromatic heterocycles. The van der Waals surface area contributed by atoms with E-state index in [1.165, 1.54) is 5.56 Å². The van der Waals surface area contributed by atoms with Crippen LogP contribution in [-0.2, 0) is 12.8 Å². The minimum Gasteiger partial charge on any atom is -0.330 e. The normalized spacial score (nSPS) is 12.4. The fourth-order valence-corrected chi connectivity index (χ4v) is 3.23. The largest absolute Gasteiger partial charge is 0.330 e. The second-order valence-electron chi connectivity index (χ2n) is 4.80. The number of benzene rings is 2. The molecule has 20 heavy (non-hydrogen) atoms. The van der Waals surface area contributed by atoms with E-state index in [1.807, 2.05) is 36.4 Å². The molecule has 4 heteroatoms. The Hall–Kier alpha value is -0.540. The van der Waals surface area contributed by atoms with Gasteiger partial charge in [0.1, 0.15) is 0 Å². The quantitative estimate of drug-likeness (QED) is 0.774. The van der Waals surface area contributed by atoms with Crippen molar-refractivity contribution in [2.75, 3.05) is 6.54 Å². The molecule has 0 heterocycles. The first kappa shape index (κ1) is 15.8. The Bertz CT molecular complexity index is 566. The molecule has 0 spiro atoms. The highest BCUT2D eigenvalue weighted by atomic mass is 79.9. The molecule has 0 aliphatic rings. The summed E-state index contributed by atoms with van der Waals surface area (Å²) in [6.07, 6.45) is 1.69. The third-order valence-corrected chi connectivity index (χ3v) is 4.84. The lowest BCUT2D eigenvalue weighted by atomic mass is 9.92. The lowest BCUT2D eigenvalue weighted by molar-refractivity contribution is 0.532. The van der Waals surface area contributed by atoms with E-state index in [9.17, 15) is 0 Å². The van der Waals surface area contributed by atoms with Gasteiger partial charge >= 0.3 is 0 Å². The van der Waals surface area contributed by atoms with E-state index in [-0.39, 0.29) is 0 Å². The summed E-state index contributed by atoms with van der Waals surface area (Å²) < 4.78 is 1.11. The third-order valence-electron chi connectivity index (χ3n) is 3.35. The molecule has 2 aromatic carbocycles. The maximum absolute atomic E-state index is 6.23. The van der Waals surface area contributed by atoms with Crippen LogP contribution in [0.2, 0.25) is 10.0 Å². The van der Waals surface area contributed by atoms with E-state index in [0.717, 1.165) is 22.9 Å². The van der Waals surface area contributed by atoms with Gasteiger partial charge in [-0.05, 0) is 54.6 Å². The summed E-state index contributed by atoms with van der Waals surface area (Å²) in [5, 5.41) is 1.42. The minimum atomic E-state index is 0.311. The Kier molecular flexibility index (Phi) is 5.91. The third kappa shape index (κ3) is 3.98. The van der Waals surface area contributed by atoms with Crippen LogP contribution in [0.4, 0.5) is 0 Å². The first-order valence-corrected chi connectivity index (χ1v) is 8.03. The molecule has 0 fully saturated rings. The average Bonchev–Trinajstić information content (AvgIpc) is 2.44. The van der Waals surface area contributed by atoms with Gasteiger partial charge < -0.3 is 5.73 Å². The molecule has 0 amide bonds. The van der Waals surface area contributed by atoms with Crippen molar-refractivity contribution >= 4 is 39.1 Å². The monoisotopic (exact) mass is 371 g/mol. The van der Waals surface area contributed by atoms with Gasteiger partial charge in [-0.1, -0.05) is 63.4 Å². The lowest BCUT2D eigenvalue weighted by Crippen LogP contribution is -2.20. The van der Waals surface area contributed by atoms with Gasteiger partial charge in [-0.3, -0.25) is 0 Å². The SMILES string of the molecule is NCC(Cc1ccccc1Br)Cc1c(Cl)cccc1Cl. The molecule has 1 nitrogen and oxygen atoms in total. The second-order valence-corrected chi connectivity index (χ2v) is 6.47. The van der Waals surface area contributed by atoms with Crippen molar-refractivity contribution in [3.63, 3.8) is 0 Å². The molecule has 1 unspecified atom stereocenters. The molecule has 2 rings (SSSR count). The summed E-state index contributed by atoms with van der Waals surface area (Å²) >= 11 is 16.0. The van der Waals surface area contributed by atoms with E-state index in [4.69, 9.17) is 28.9 Å². The summed E-state index contributed by atoms with van der Waals surface area (Å²) in [5.74, 6) is 0.311. The van der Waals surface area contributed by atoms with Crippen molar-refractivity contribution in [1.82, 2.24) is 0 Å². The second kappa shape index (κ2) is 7.46. The van der Waals surface area contributed by atoms with Crippen molar-refractivity contribution in [1.29, 1.82) is 0 Å². The number of rotatable bonds is 5. The summed E-state index contributed by atoms with van der Waals surface area (Å²) in [5.41, 5.74) is 8.16. The summed E-state index contributed by atoms with van der Waals surface area (Å²) in [6, 6.07) is 13.8. The predicted octanol–water partition coefficient (Wildman–Crippen LogP) is 5.12. The van der Waals surface area contributed by atoms with Gasteiger partial charge in [0.05, 0.1) is 0 Å². The summed E-state index contributed by atoms with van der Waals surface area (Å²) in [6.45, 7) is 0.600. The molecule has 0 aliphatic heterocycles. The molecular weight excluding hydrogens is 357 g/mol. The van der Waals surface area contributed by atoms with Crippen LogP contribution in [0.25, 0.3) is 0 Å². The Morgan fingerprint density at radius 2 is 1.60 bits per heavy atom. The predicted molar refractivity (Wildman–Crippen MR) is 90.6 cm³/mol. The van der Waals surface area contributed by atoms with E-state index in [2.05, 4.69) is 22.0 Å². The van der Waals surface area contributed by atoms with Gasteiger partial charge in [-0.2, -0.15) is 0 Å². The summed E-state index contributed by atoms with van der Waals surface area (Å²) in [7, 11) is 0. The molecule has 2 aromatic rings. The van der Waals surface area contributed by atoms with E-state index >= 15 is 0 Å². The van der Waals surface area contributed by atoms with E-state index in [0.29, 0.717) is 22.5 Å². The highest BCUT2D eigenvalue weighted by Crippen LogP contribution is 2.28. The van der Waals surface area contributed by atoms with Gasteiger partial charge in [0.15, 0.2) is 0 Å². The number of hydrogen-bond acceptors (Lipinski definition) is 1. The van der Waals surface area contributed by atoms with Crippen LogP contribution in [0.1, 0.15) is 11.1 Å². The zero-order chi connectivity index (χ0) is 14.5. The highest BCUT2D eigenvalue weighted by Gasteiger charge is 2.14. The lowest BCUT2D eigenvalue weighted by Gasteiger charge is -2.17. The fourth-order valence-electron chi connectivity index (χ4n) is 2.23. The molecule has 0 aliphatic carbocycles. The first-order valence-electron chi connectivity index (χ1n) is 6.48. The van der Waals surface area contributed by atoms with Crippen LogP contribution in [0.15, 0.2) is 46.9 Å². The Morgan fingerprint density at radius 3 is 2.20 bits per heavy atom. The van der Waals surface area contributed by atoms with Crippen molar-refractivity contribution in [2.24, 2.45) is 11.7 Å². The van der Waals surface area contributed by atoms with Gasteiger partial charge in [0.25, 0.3) is 0 Å². The zero-order valence-corrected chi connectivity index (χ0v) is 14.0. The Labute approximate surface area is 138 Å². The maximum atomic E-state index is 6.23. The smallest absolute Gasteiger partial charge is 0.0452 e. The topological polar surface area (TPSA) is 26.0 Å². The van der Waals surface area contributed by atoms with Gasteiger partial charge in [-0.25, -0.2) is 0 Å². The van der Waals surface area contributed by atoms with Crippen molar-refractivity contribution in [3.8, 4) is 0 Å². The number of nitrogens with two attached hydrogens (primary N) is 1. The Morgan fingerprint density at radius 1 is 0.950 bits per heavy atom. The molecule has 0 saturated heterocycles. The van der Waals surface area contributed by atoms with Crippen LogP contribution in [0.3, 0.4) is 0 Å². The molecule has 106 valence electrons. The van der Waals surface area contributed by atoms with Crippen molar-refractivity contribution in [2.45, 2.75) is 12.8 Å². The van der Waals surface area contributed by atoms with Crippen LogP contribution in [-0.4, -0.2) is 6.54 Å². The minimum absolute atomic E-state index is 0.311. The molecule has 0 radical (unpaired) electrons. The van der Waals surface area contributed by atoms with Crippen LogP contribution >= 0.6 is 39.1 Å². The van der Waals surface area contributed by atoms with Gasteiger partial charge in [-0.15, -0.1) is 0 Å². The molecular formula is C16H16BrCl2N. The molecule has 0 bridgehead atoms. The van der Waals surface area contributed by atoms with E-state index in [1.54, 1.807) is 0 Å². The van der Waals surface area contributed by atoms with Crippen LogP contribution in [0, 0.1) is 5.92 Å². The molecule has 2 N–H and O–H groups in total. The highest BCUT2D eigenvalue weighted by molar-refractivity contribution is 9.10. The zero-order valence-electron chi connectivity index (χ0n) is 11.0. The maximum Gasteiger partial charge on any atom is 0.0452 e. The molecule has 0 saturated carbocycles. The summed E-state index contributed by atoms with van der Waals surface area (Å²) in [4.78, 5) is 0. The first-order chi connectivity index (χ1) is 9.61. The van der Waals surface area contributed by atoms with Crippen molar-refractivity contribution in [3.05, 3.63) is 68.1 Å². The van der Waals surface area contributed by atoms with Crippen LogP contribution < -0.4 is 5.73 Å². The van der Waals surface area contributed by atoms with Gasteiger partial charge in [0, 0.05) is 14.5 Å².